The molecule has 1 aromatic heterocycles. The highest BCUT2D eigenvalue weighted by atomic mass is 32.1. The molecule has 31 heavy (non-hydrogen) atoms. The summed E-state index contributed by atoms with van der Waals surface area (Å²) in [5, 5.41) is 8.12. The molecule has 3 rings (SSSR count). The predicted molar refractivity (Wildman–Crippen MR) is 136 cm³/mol. The summed E-state index contributed by atoms with van der Waals surface area (Å²) in [6.45, 7) is 11.0. The Morgan fingerprint density at radius 1 is 1.06 bits per heavy atom. The number of hydrogen-bond donors (Lipinski definition) is 2. The minimum Gasteiger partial charge on any atom is -0.462 e. The molecule has 0 amide bonds. The normalized spacial score (nSPS) is 13.6. The van der Waals surface area contributed by atoms with E-state index in [2.05, 4.69) is 56.5 Å². The van der Waals surface area contributed by atoms with Crippen LogP contribution in [-0.4, -0.2) is 17.7 Å². The molecule has 1 aliphatic carbocycles. The number of thiophene rings is 1. The van der Waals surface area contributed by atoms with E-state index in [-0.39, 0.29) is 5.97 Å². The van der Waals surface area contributed by atoms with Crippen LogP contribution >= 0.6 is 23.6 Å². The summed E-state index contributed by atoms with van der Waals surface area (Å²) in [6, 6.07) is 6.42. The molecule has 0 aliphatic heterocycles. The summed E-state index contributed by atoms with van der Waals surface area (Å²) in [4.78, 5) is 14.1. The minimum absolute atomic E-state index is 0.252. The van der Waals surface area contributed by atoms with E-state index in [1.54, 1.807) is 11.3 Å². The molecule has 0 unspecified atom stereocenters. The van der Waals surface area contributed by atoms with E-state index in [4.69, 9.17) is 17.0 Å². The Bertz CT molecular complexity index is 921. The van der Waals surface area contributed by atoms with Crippen molar-refractivity contribution in [2.24, 2.45) is 0 Å². The number of nitrogens with one attached hydrogen (secondary N) is 2. The van der Waals surface area contributed by atoms with Crippen LogP contribution in [0.2, 0.25) is 0 Å². The third kappa shape index (κ3) is 5.47. The molecule has 0 atom stereocenters. The summed E-state index contributed by atoms with van der Waals surface area (Å²) in [7, 11) is 0. The summed E-state index contributed by atoms with van der Waals surface area (Å²) < 4.78 is 5.40. The van der Waals surface area contributed by atoms with Crippen molar-refractivity contribution in [3.63, 3.8) is 0 Å². The van der Waals surface area contributed by atoms with E-state index in [1.807, 2.05) is 6.92 Å². The van der Waals surface area contributed by atoms with Crippen LogP contribution in [0.1, 0.15) is 97.6 Å². The topological polar surface area (TPSA) is 50.4 Å². The van der Waals surface area contributed by atoms with Crippen molar-refractivity contribution in [1.29, 1.82) is 0 Å². The van der Waals surface area contributed by atoms with E-state index in [9.17, 15) is 4.79 Å². The van der Waals surface area contributed by atoms with E-state index >= 15 is 0 Å². The molecular weight excluding hydrogens is 424 g/mol. The Hall–Kier alpha value is -1.92. The molecule has 2 N–H and O–H groups in total. The zero-order valence-corrected chi connectivity index (χ0v) is 20.9. The van der Waals surface area contributed by atoms with Crippen LogP contribution in [0.3, 0.4) is 0 Å². The highest BCUT2D eigenvalue weighted by molar-refractivity contribution is 7.80. The molecule has 1 aliphatic rings. The van der Waals surface area contributed by atoms with Crippen molar-refractivity contribution in [3.8, 4) is 0 Å². The second-order valence-corrected chi connectivity index (χ2v) is 10.2. The lowest BCUT2D eigenvalue weighted by atomic mass is 9.93. The maximum absolute atomic E-state index is 12.8. The highest BCUT2D eigenvalue weighted by Gasteiger charge is 2.26. The number of carbonyl (C=O) groups is 1. The number of rotatable bonds is 6. The molecule has 0 bridgehead atoms. The largest absolute Gasteiger partial charge is 0.462 e. The van der Waals surface area contributed by atoms with Crippen molar-refractivity contribution >= 4 is 45.3 Å². The maximum atomic E-state index is 12.8. The van der Waals surface area contributed by atoms with Gasteiger partial charge >= 0.3 is 5.97 Å². The molecule has 0 fully saturated rings. The van der Waals surface area contributed by atoms with Crippen LogP contribution in [0.15, 0.2) is 18.2 Å². The first-order valence-corrected chi connectivity index (χ1v) is 12.6. The van der Waals surface area contributed by atoms with Crippen LogP contribution in [0.5, 0.6) is 0 Å². The van der Waals surface area contributed by atoms with Crippen molar-refractivity contribution in [3.05, 3.63) is 45.3 Å². The first kappa shape index (κ1) is 23.7. The van der Waals surface area contributed by atoms with Gasteiger partial charge in [-0.2, -0.15) is 0 Å². The Morgan fingerprint density at radius 2 is 1.71 bits per heavy atom. The van der Waals surface area contributed by atoms with Gasteiger partial charge in [0.25, 0.3) is 0 Å². The van der Waals surface area contributed by atoms with Gasteiger partial charge in [0.1, 0.15) is 5.00 Å². The summed E-state index contributed by atoms with van der Waals surface area (Å²) in [5.74, 6) is 0.492. The van der Waals surface area contributed by atoms with Gasteiger partial charge in [-0.3, -0.25) is 0 Å². The first-order valence-electron chi connectivity index (χ1n) is 11.4. The Kier molecular flexibility index (Phi) is 8.11. The SMILES string of the molecule is CCOC(=O)c1c(NC(=S)Nc2c(C(C)C)cccc2C(C)C)sc2c1CCCCC2. The number of carbonyl (C=O) groups excluding carboxylic acids is 1. The maximum Gasteiger partial charge on any atom is 0.341 e. The van der Waals surface area contributed by atoms with E-state index < -0.39 is 0 Å². The van der Waals surface area contributed by atoms with E-state index in [0.29, 0.717) is 29.1 Å². The Morgan fingerprint density at radius 3 is 2.32 bits per heavy atom. The predicted octanol–water partition coefficient (Wildman–Crippen LogP) is 7.25. The van der Waals surface area contributed by atoms with Gasteiger partial charge in [-0.1, -0.05) is 52.3 Å². The highest BCUT2D eigenvalue weighted by Crippen LogP contribution is 2.38. The fourth-order valence-electron chi connectivity index (χ4n) is 4.19. The lowest BCUT2D eigenvalue weighted by Crippen LogP contribution is -2.22. The molecule has 1 heterocycles. The molecule has 168 valence electrons. The molecule has 0 spiro atoms. The van der Waals surface area contributed by atoms with Gasteiger partial charge in [0.2, 0.25) is 0 Å². The average molecular weight is 459 g/mol. The Labute approximate surface area is 195 Å². The summed E-state index contributed by atoms with van der Waals surface area (Å²) >= 11 is 7.37. The van der Waals surface area contributed by atoms with Gasteiger partial charge in [0.05, 0.1) is 12.2 Å². The zero-order chi connectivity index (χ0) is 22.5. The number of hydrogen-bond acceptors (Lipinski definition) is 4. The summed E-state index contributed by atoms with van der Waals surface area (Å²) in [6.07, 6.45) is 5.42. The number of esters is 1. The fourth-order valence-corrected chi connectivity index (χ4v) is 5.74. The van der Waals surface area contributed by atoms with Crippen LogP contribution in [0.25, 0.3) is 0 Å². The molecule has 4 nitrogen and oxygen atoms in total. The lowest BCUT2D eigenvalue weighted by molar-refractivity contribution is 0.0527. The number of para-hydroxylation sites is 1. The monoisotopic (exact) mass is 458 g/mol. The smallest absolute Gasteiger partial charge is 0.341 e. The fraction of sp³-hybridized carbons (Fsp3) is 0.520. The quantitative estimate of drug-likeness (QED) is 0.271. The van der Waals surface area contributed by atoms with Gasteiger partial charge < -0.3 is 15.4 Å². The third-order valence-corrected chi connectivity index (χ3v) is 7.15. The number of benzene rings is 1. The molecule has 0 saturated heterocycles. The lowest BCUT2D eigenvalue weighted by Gasteiger charge is -2.21. The third-order valence-electron chi connectivity index (χ3n) is 5.74. The Balaban J connectivity index is 1.92. The van der Waals surface area contributed by atoms with Crippen LogP contribution in [-0.2, 0) is 17.6 Å². The standard InChI is InChI=1S/C25H34N2O2S2/c1-6-29-24(28)21-19-11-8-7-9-14-20(19)31-23(21)27-25(30)26-22-17(15(2)3)12-10-13-18(22)16(4)5/h10,12-13,15-16H,6-9,11,14H2,1-5H3,(H2,26,27,30). The molecule has 1 aromatic carbocycles. The molecule has 6 heteroatoms. The van der Waals surface area contributed by atoms with Crippen molar-refractivity contribution < 1.29 is 9.53 Å². The number of anilines is 2. The number of ether oxygens (including phenoxy) is 1. The van der Waals surface area contributed by atoms with Crippen LogP contribution in [0, 0.1) is 0 Å². The minimum atomic E-state index is -0.252. The second-order valence-electron chi connectivity index (χ2n) is 8.69. The van der Waals surface area contributed by atoms with Crippen LogP contribution < -0.4 is 10.6 Å². The zero-order valence-electron chi connectivity index (χ0n) is 19.3. The van der Waals surface area contributed by atoms with Gasteiger partial charge in [0.15, 0.2) is 5.11 Å². The first-order chi connectivity index (χ1) is 14.8. The van der Waals surface area contributed by atoms with E-state index in [1.165, 1.54) is 22.4 Å². The van der Waals surface area contributed by atoms with Crippen molar-refractivity contribution in [2.45, 2.75) is 78.6 Å². The molecule has 0 saturated carbocycles. The van der Waals surface area contributed by atoms with Gasteiger partial charge in [-0.25, -0.2) is 4.79 Å². The molecular formula is C25H34N2O2S2. The van der Waals surface area contributed by atoms with Gasteiger partial charge in [-0.05, 0) is 73.4 Å². The summed E-state index contributed by atoms with van der Waals surface area (Å²) in [5.41, 5.74) is 5.37. The van der Waals surface area contributed by atoms with Crippen molar-refractivity contribution in [1.82, 2.24) is 0 Å². The number of aryl methyl sites for hydroxylation is 1. The number of thiocarbonyl (C=S) groups is 1. The number of fused-ring (bicyclic) bond motifs is 1. The van der Waals surface area contributed by atoms with E-state index in [0.717, 1.165) is 41.9 Å². The van der Waals surface area contributed by atoms with Crippen LogP contribution in [0.4, 0.5) is 10.7 Å². The molecule has 0 radical (unpaired) electrons. The average Bonchev–Trinajstić information content (AvgIpc) is 2.88. The van der Waals surface area contributed by atoms with Crippen molar-refractivity contribution in [2.75, 3.05) is 17.2 Å². The van der Waals surface area contributed by atoms with Gasteiger partial charge in [-0.15, -0.1) is 11.3 Å². The van der Waals surface area contributed by atoms with Gasteiger partial charge in [0, 0.05) is 10.6 Å². The second kappa shape index (κ2) is 10.6. The molecule has 2 aromatic rings.